The van der Waals surface area contributed by atoms with Crippen LogP contribution in [0.4, 0.5) is 0 Å². The predicted molar refractivity (Wildman–Crippen MR) is 157 cm³/mol. The molecule has 5 rings (SSSR count). The lowest BCUT2D eigenvalue weighted by Crippen LogP contribution is -2.21. The number of hydrogen-bond acceptors (Lipinski definition) is 2. The maximum absolute atomic E-state index is 11.7. The molecular weight excluding hydrogens is 470 g/mol. The van der Waals surface area contributed by atoms with Gasteiger partial charge in [-0.3, -0.25) is 0 Å². The zero-order valence-corrected chi connectivity index (χ0v) is 24.5. The van der Waals surface area contributed by atoms with Crippen LogP contribution in [0.2, 0.25) is 0 Å². The van der Waals surface area contributed by atoms with Gasteiger partial charge in [0.05, 0.1) is 0 Å². The van der Waals surface area contributed by atoms with Gasteiger partial charge in [-0.25, -0.2) is 0 Å². The summed E-state index contributed by atoms with van der Waals surface area (Å²) in [7, 11) is 0. The molecule has 0 fully saturated rings. The van der Waals surface area contributed by atoms with Crippen LogP contribution in [-0.2, 0) is 22.7 Å². The van der Waals surface area contributed by atoms with Gasteiger partial charge in [-0.05, 0) is 64.0 Å². The first-order chi connectivity index (χ1) is 17.7. The molecule has 0 aliphatic heterocycles. The van der Waals surface area contributed by atoms with E-state index in [1.165, 1.54) is 5.56 Å². The lowest BCUT2D eigenvalue weighted by Gasteiger charge is -2.31. The van der Waals surface area contributed by atoms with E-state index in [1.807, 2.05) is 16.9 Å². The zero-order chi connectivity index (χ0) is 27.8. The summed E-state index contributed by atoms with van der Waals surface area (Å²) in [5.74, 6) is 0.607. The van der Waals surface area contributed by atoms with Crippen LogP contribution < -0.4 is 0 Å². The molecule has 0 radical (unpaired) electrons. The minimum Gasteiger partial charge on any atom is -0.507 e. The highest BCUT2D eigenvalue weighted by Gasteiger charge is 2.31. The lowest BCUT2D eigenvalue weighted by atomic mass is 9.74. The molecule has 5 heteroatoms. The van der Waals surface area contributed by atoms with Crippen molar-refractivity contribution in [1.82, 2.24) is 14.1 Å². The van der Waals surface area contributed by atoms with Gasteiger partial charge in [-0.15, -0.1) is 14.1 Å². The second-order valence-corrected chi connectivity index (χ2v) is 13.3. The van der Waals surface area contributed by atoms with Crippen molar-refractivity contribution in [3.8, 4) is 17.2 Å². The van der Waals surface area contributed by atoms with Gasteiger partial charge < -0.3 is 10.2 Å². The highest BCUT2D eigenvalue weighted by Crippen LogP contribution is 2.43. The Labute approximate surface area is 226 Å². The molecular formula is C33H43N3O2. The molecule has 5 nitrogen and oxygen atoms in total. The molecule has 2 heterocycles. The first kappa shape index (κ1) is 26.3. The molecule has 0 saturated heterocycles. The molecule has 0 aliphatic carbocycles. The van der Waals surface area contributed by atoms with Crippen LogP contribution in [-0.4, -0.2) is 24.3 Å². The standard InChI is InChI=1S/C33H43N3O2/c1-10-32(6,7)24-18-21(29(37)25(19-24)33(8,9)11-2)16-22-17-23(31(3,4)5)20-28(30(22)38)36-34-26-14-12-13-15-27(26)35(34)36/h12-15,17-20,37-38H,10-11,16H2,1-9H3. The van der Waals surface area contributed by atoms with E-state index in [1.54, 1.807) is 0 Å². The Hall–Kier alpha value is -3.34. The third-order valence-corrected chi connectivity index (χ3v) is 8.92. The third kappa shape index (κ3) is 4.07. The molecule has 2 aromatic heterocycles. The van der Waals surface area contributed by atoms with Crippen LogP contribution >= 0.6 is 0 Å². The van der Waals surface area contributed by atoms with E-state index in [4.69, 9.17) is 0 Å². The van der Waals surface area contributed by atoms with Gasteiger partial charge in [0.15, 0.2) is 0 Å². The fourth-order valence-electron chi connectivity index (χ4n) is 5.23. The van der Waals surface area contributed by atoms with Crippen LogP contribution in [0.3, 0.4) is 0 Å². The number of para-hydroxylation sites is 2. The van der Waals surface area contributed by atoms with E-state index in [-0.39, 0.29) is 22.0 Å². The molecule has 202 valence electrons. The summed E-state index contributed by atoms with van der Waals surface area (Å²) in [4.78, 5) is 2.03. The normalized spacial score (nSPS) is 13.4. The average molecular weight is 514 g/mol. The number of phenolic OH excluding ortho intramolecular Hbond substituents is 2. The fraction of sp³-hybridized carbons (Fsp3) is 0.455. The maximum atomic E-state index is 11.7. The Balaban J connectivity index is 1.69. The molecule has 0 spiro atoms. The summed E-state index contributed by atoms with van der Waals surface area (Å²) in [6.07, 6.45) is 2.38. The number of hydrogen-bond donors (Lipinski definition) is 2. The first-order valence-corrected chi connectivity index (χ1v) is 13.9. The molecule has 38 heavy (non-hydrogen) atoms. The number of phenols is 2. The maximum Gasteiger partial charge on any atom is 0.146 e. The van der Waals surface area contributed by atoms with Crippen LogP contribution in [0.5, 0.6) is 11.5 Å². The van der Waals surface area contributed by atoms with E-state index in [9.17, 15) is 10.2 Å². The number of rotatable bonds is 7. The summed E-state index contributed by atoms with van der Waals surface area (Å²) in [6, 6.07) is 16.8. The van der Waals surface area contributed by atoms with Crippen LogP contribution in [0, 0.1) is 0 Å². The summed E-state index contributed by atoms with van der Waals surface area (Å²) in [6.45, 7) is 19.9. The molecule has 3 aromatic carbocycles. The molecule has 5 aromatic rings. The largest absolute Gasteiger partial charge is 0.507 e. The molecule has 0 aliphatic rings. The van der Waals surface area contributed by atoms with Crippen molar-refractivity contribution in [3.05, 3.63) is 76.3 Å². The lowest BCUT2D eigenvalue weighted by molar-refractivity contribution is 0.419. The highest BCUT2D eigenvalue weighted by molar-refractivity contribution is 5.79. The van der Waals surface area contributed by atoms with Gasteiger partial charge in [-0.1, -0.05) is 92.6 Å². The summed E-state index contributed by atoms with van der Waals surface area (Å²) >= 11 is 0. The molecule has 2 N–H and O–H groups in total. The molecule has 0 amide bonds. The quantitative estimate of drug-likeness (QED) is 0.231. The van der Waals surface area contributed by atoms with Gasteiger partial charge in [-0.2, -0.15) is 0 Å². The van der Waals surface area contributed by atoms with Crippen LogP contribution in [0.1, 0.15) is 103 Å². The summed E-state index contributed by atoms with van der Waals surface area (Å²) in [5.41, 5.74) is 7.80. The van der Waals surface area contributed by atoms with Crippen molar-refractivity contribution in [1.29, 1.82) is 0 Å². The van der Waals surface area contributed by atoms with Gasteiger partial charge in [0.1, 0.15) is 28.2 Å². The van der Waals surface area contributed by atoms with Crippen molar-refractivity contribution in [2.45, 2.75) is 97.8 Å². The van der Waals surface area contributed by atoms with Crippen molar-refractivity contribution >= 4 is 11.0 Å². The minimum absolute atomic E-state index is 0.0211. The fourth-order valence-corrected chi connectivity index (χ4v) is 5.23. The van der Waals surface area contributed by atoms with Crippen molar-refractivity contribution in [2.75, 3.05) is 0 Å². The number of nitrogens with zero attached hydrogens (tertiary/aromatic N) is 3. The summed E-state index contributed by atoms with van der Waals surface area (Å²) in [5, 5.41) is 23.3. The molecule has 0 bridgehead atoms. The monoisotopic (exact) mass is 513 g/mol. The van der Waals surface area contributed by atoms with Gasteiger partial charge in [0.2, 0.25) is 0 Å². The highest BCUT2D eigenvalue weighted by atomic mass is 16.3. The SMILES string of the molecule is CCC(C)(C)c1cc(Cc2cc(C(C)(C)C)cc(-n3n4c5ccccc5n34)c2O)c(O)c(C(C)(C)CC)c1. The van der Waals surface area contributed by atoms with Gasteiger partial charge in [0.25, 0.3) is 0 Å². The number of fused-ring (bicyclic) bond motifs is 4. The topological polar surface area (TPSA) is 54.2 Å². The Morgan fingerprint density at radius 3 is 1.71 bits per heavy atom. The number of benzene rings is 3. The van der Waals surface area contributed by atoms with E-state index < -0.39 is 0 Å². The van der Waals surface area contributed by atoms with Crippen molar-refractivity contribution < 1.29 is 10.2 Å². The Kier molecular flexibility index (Phi) is 5.94. The van der Waals surface area contributed by atoms with Crippen molar-refractivity contribution in [2.24, 2.45) is 0 Å². The smallest absolute Gasteiger partial charge is 0.146 e. The second-order valence-electron chi connectivity index (χ2n) is 13.3. The first-order valence-electron chi connectivity index (χ1n) is 13.9. The van der Waals surface area contributed by atoms with E-state index in [2.05, 4.69) is 108 Å². The third-order valence-electron chi connectivity index (χ3n) is 8.92. The van der Waals surface area contributed by atoms with Gasteiger partial charge in [0, 0.05) is 17.5 Å². The molecule has 0 unspecified atom stereocenters. The van der Waals surface area contributed by atoms with Crippen LogP contribution in [0.25, 0.3) is 16.7 Å². The van der Waals surface area contributed by atoms with E-state index in [0.29, 0.717) is 12.2 Å². The molecule has 0 atom stereocenters. The Bertz CT molecular complexity index is 1580. The number of aromatic nitrogens is 3. The van der Waals surface area contributed by atoms with E-state index >= 15 is 0 Å². The minimum atomic E-state index is -0.162. The summed E-state index contributed by atoms with van der Waals surface area (Å²) < 4.78 is 4.15. The molecule has 0 saturated carbocycles. The number of aromatic hydroxyl groups is 2. The second kappa shape index (κ2) is 8.59. The van der Waals surface area contributed by atoms with E-state index in [0.717, 1.165) is 51.8 Å². The Morgan fingerprint density at radius 2 is 1.18 bits per heavy atom. The zero-order valence-electron chi connectivity index (χ0n) is 24.5. The predicted octanol–water partition coefficient (Wildman–Crippen LogP) is 8.10. The van der Waals surface area contributed by atoms with Crippen molar-refractivity contribution in [3.63, 3.8) is 0 Å². The van der Waals surface area contributed by atoms with Crippen LogP contribution in [0.15, 0.2) is 48.5 Å². The van der Waals surface area contributed by atoms with Gasteiger partial charge >= 0.3 is 0 Å². The Morgan fingerprint density at radius 1 is 0.658 bits per heavy atom. The average Bonchev–Trinajstić information content (AvgIpc) is 3.52.